The van der Waals surface area contributed by atoms with Crippen molar-refractivity contribution in [3.05, 3.63) is 0 Å². The van der Waals surface area contributed by atoms with Crippen molar-refractivity contribution in [1.82, 2.24) is 5.32 Å². The molecule has 1 rings (SSSR count). The first-order valence-electron chi connectivity index (χ1n) is 5.94. The Morgan fingerprint density at radius 3 is 2.88 bits per heavy atom. The van der Waals surface area contributed by atoms with Crippen LogP contribution >= 0.6 is 0 Å². The molecule has 0 radical (unpaired) electrons. The van der Waals surface area contributed by atoms with Gasteiger partial charge in [0.05, 0.1) is 5.92 Å². The maximum absolute atomic E-state index is 11.2. The highest BCUT2D eigenvalue weighted by Crippen LogP contribution is 2.24. The van der Waals surface area contributed by atoms with Gasteiger partial charge in [-0.2, -0.15) is 0 Å². The van der Waals surface area contributed by atoms with Gasteiger partial charge in [0.1, 0.15) is 0 Å². The third-order valence-corrected chi connectivity index (χ3v) is 4.41. The lowest BCUT2D eigenvalue weighted by atomic mass is 9.86. The average Bonchev–Trinajstić information content (AvgIpc) is 2.29. The van der Waals surface area contributed by atoms with Gasteiger partial charge in [-0.1, -0.05) is 13.3 Å². The number of nitrogens with one attached hydrogen (secondary N) is 1. The molecule has 4 nitrogen and oxygen atoms in total. The Balaban J connectivity index is 2.21. The van der Waals surface area contributed by atoms with Crippen molar-refractivity contribution >= 4 is 16.8 Å². The second kappa shape index (κ2) is 7.01. The van der Waals surface area contributed by atoms with Crippen molar-refractivity contribution in [2.45, 2.75) is 38.6 Å². The predicted octanol–water partition coefficient (Wildman–Crippen LogP) is 0.988. The molecule has 5 heteroatoms. The fraction of sp³-hybridized carbons (Fsp3) is 0.909. The number of carbonyl (C=O) groups is 1. The molecule has 1 fully saturated rings. The Kier molecular flexibility index (Phi) is 5.98. The summed E-state index contributed by atoms with van der Waals surface area (Å²) in [4.78, 5) is 10.9. The molecule has 0 amide bonds. The highest BCUT2D eigenvalue weighted by atomic mass is 32.2. The van der Waals surface area contributed by atoms with Crippen LogP contribution in [-0.2, 0) is 15.6 Å². The lowest BCUT2D eigenvalue weighted by Gasteiger charge is -2.27. The van der Waals surface area contributed by atoms with Crippen molar-refractivity contribution in [1.29, 1.82) is 0 Å². The number of hydrogen-bond acceptors (Lipinski definition) is 3. The Bertz CT molecular complexity index is 258. The van der Waals surface area contributed by atoms with Gasteiger partial charge in [0.25, 0.3) is 0 Å². The SMILES string of the molecule is CCS(=O)CCNC1CCCC(C(=O)O)C1. The van der Waals surface area contributed by atoms with E-state index in [2.05, 4.69) is 5.32 Å². The zero-order valence-corrected chi connectivity index (χ0v) is 10.6. The number of rotatable bonds is 6. The minimum atomic E-state index is -0.728. The smallest absolute Gasteiger partial charge is 0.306 e. The van der Waals surface area contributed by atoms with Crippen LogP contribution in [0.15, 0.2) is 0 Å². The van der Waals surface area contributed by atoms with Gasteiger partial charge in [0.15, 0.2) is 0 Å². The Morgan fingerprint density at radius 1 is 1.50 bits per heavy atom. The highest BCUT2D eigenvalue weighted by molar-refractivity contribution is 7.84. The molecule has 0 aliphatic heterocycles. The molecule has 16 heavy (non-hydrogen) atoms. The zero-order chi connectivity index (χ0) is 12.0. The number of hydrogen-bond donors (Lipinski definition) is 2. The summed E-state index contributed by atoms with van der Waals surface area (Å²) in [5, 5.41) is 12.2. The minimum Gasteiger partial charge on any atom is -0.481 e. The summed E-state index contributed by atoms with van der Waals surface area (Å²) in [5.41, 5.74) is 0. The maximum atomic E-state index is 11.2. The normalized spacial score (nSPS) is 27.6. The number of carboxylic acids is 1. The predicted molar refractivity (Wildman–Crippen MR) is 64.9 cm³/mol. The molecule has 0 bridgehead atoms. The van der Waals surface area contributed by atoms with Crippen LogP contribution in [-0.4, -0.2) is 39.4 Å². The van der Waals surface area contributed by atoms with E-state index in [0.717, 1.165) is 25.8 Å². The van der Waals surface area contributed by atoms with E-state index in [1.165, 1.54) is 0 Å². The van der Waals surface area contributed by atoms with Gasteiger partial charge in [0.2, 0.25) is 0 Å². The number of carboxylic acid groups (broad SMARTS) is 1. The lowest BCUT2D eigenvalue weighted by molar-refractivity contribution is -0.143. The van der Waals surface area contributed by atoms with Gasteiger partial charge in [0, 0.05) is 34.9 Å². The van der Waals surface area contributed by atoms with E-state index in [9.17, 15) is 9.00 Å². The second-order valence-electron chi connectivity index (χ2n) is 4.29. The quantitative estimate of drug-likeness (QED) is 0.734. The molecule has 3 atom stereocenters. The van der Waals surface area contributed by atoms with Gasteiger partial charge in [-0.25, -0.2) is 0 Å². The van der Waals surface area contributed by atoms with E-state index in [1.807, 2.05) is 6.92 Å². The van der Waals surface area contributed by atoms with Gasteiger partial charge >= 0.3 is 5.97 Å². The molecule has 0 heterocycles. The molecule has 0 aromatic rings. The van der Waals surface area contributed by atoms with Crippen LogP contribution in [0.4, 0.5) is 0 Å². The Hall–Kier alpha value is -0.420. The van der Waals surface area contributed by atoms with Crippen molar-refractivity contribution in [3.63, 3.8) is 0 Å². The molecule has 94 valence electrons. The van der Waals surface area contributed by atoms with Crippen LogP contribution in [0.1, 0.15) is 32.6 Å². The van der Waals surface area contributed by atoms with E-state index >= 15 is 0 Å². The molecule has 2 N–H and O–H groups in total. The first kappa shape index (κ1) is 13.6. The molecule has 1 aliphatic rings. The standard InChI is InChI=1S/C11H21NO3S/c1-2-16(15)7-6-12-10-5-3-4-9(8-10)11(13)14/h9-10,12H,2-8H2,1H3,(H,13,14). The lowest BCUT2D eigenvalue weighted by Crippen LogP contribution is -2.38. The maximum Gasteiger partial charge on any atom is 0.306 e. The molecule has 0 spiro atoms. The molecular formula is C11H21NO3S. The van der Waals surface area contributed by atoms with E-state index in [1.54, 1.807) is 0 Å². The van der Waals surface area contributed by atoms with E-state index in [-0.39, 0.29) is 5.92 Å². The largest absolute Gasteiger partial charge is 0.481 e. The Morgan fingerprint density at radius 2 is 2.25 bits per heavy atom. The molecule has 0 saturated heterocycles. The fourth-order valence-electron chi connectivity index (χ4n) is 2.12. The van der Waals surface area contributed by atoms with Crippen LogP contribution < -0.4 is 5.32 Å². The molecule has 1 saturated carbocycles. The molecule has 0 aromatic carbocycles. The summed E-state index contributed by atoms with van der Waals surface area (Å²) in [6.45, 7) is 2.65. The monoisotopic (exact) mass is 247 g/mol. The first-order chi connectivity index (χ1) is 7.63. The summed E-state index contributed by atoms with van der Waals surface area (Å²) >= 11 is 0. The number of aliphatic carboxylic acids is 1. The van der Waals surface area contributed by atoms with Crippen molar-refractivity contribution in [2.75, 3.05) is 18.1 Å². The third kappa shape index (κ3) is 4.61. The van der Waals surface area contributed by atoms with E-state index < -0.39 is 16.8 Å². The summed E-state index contributed by atoms with van der Waals surface area (Å²) in [6.07, 6.45) is 3.54. The van der Waals surface area contributed by atoms with Crippen molar-refractivity contribution in [3.8, 4) is 0 Å². The summed E-state index contributed by atoms with van der Waals surface area (Å²) in [7, 11) is -0.728. The van der Waals surface area contributed by atoms with Crippen LogP contribution in [0.5, 0.6) is 0 Å². The van der Waals surface area contributed by atoms with Crippen LogP contribution in [0.2, 0.25) is 0 Å². The molecule has 1 aliphatic carbocycles. The first-order valence-corrected chi connectivity index (χ1v) is 7.43. The fourth-order valence-corrected chi connectivity index (χ4v) is 2.75. The second-order valence-corrected chi connectivity index (χ2v) is 6.15. The molecule has 0 aromatic heterocycles. The summed E-state index contributed by atoms with van der Waals surface area (Å²) in [5.74, 6) is 0.501. The van der Waals surface area contributed by atoms with Crippen molar-refractivity contribution in [2.24, 2.45) is 5.92 Å². The van der Waals surface area contributed by atoms with E-state index in [0.29, 0.717) is 24.0 Å². The van der Waals surface area contributed by atoms with Crippen LogP contribution in [0.25, 0.3) is 0 Å². The summed E-state index contributed by atoms with van der Waals surface area (Å²) < 4.78 is 11.2. The summed E-state index contributed by atoms with van der Waals surface area (Å²) in [6, 6.07) is 0.295. The molecular weight excluding hydrogens is 226 g/mol. The average molecular weight is 247 g/mol. The van der Waals surface area contributed by atoms with Gasteiger partial charge in [-0.3, -0.25) is 9.00 Å². The minimum absolute atomic E-state index is 0.192. The van der Waals surface area contributed by atoms with Gasteiger partial charge < -0.3 is 10.4 Å². The Labute approximate surface area is 99.3 Å². The van der Waals surface area contributed by atoms with Crippen molar-refractivity contribution < 1.29 is 14.1 Å². The topological polar surface area (TPSA) is 66.4 Å². The highest BCUT2D eigenvalue weighted by Gasteiger charge is 2.26. The third-order valence-electron chi connectivity index (χ3n) is 3.11. The van der Waals surface area contributed by atoms with Crippen LogP contribution in [0, 0.1) is 5.92 Å². The zero-order valence-electron chi connectivity index (χ0n) is 9.78. The van der Waals surface area contributed by atoms with Gasteiger partial charge in [-0.15, -0.1) is 0 Å². The van der Waals surface area contributed by atoms with E-state index in [4.69, 9.17) is 5.11 Å². The van der Waals surface area contributed by atoms with Crippen LogP contribution in [0.3, 0.4) is 0 Å². The molecule has 3 unspecified atom stereocenters. The van der Waals surface area contributed by atoms with Gasteiger partial charge in [-0.05, 0) is 19.3 Å².